The minimum absolute atomic E-state index is 0.658. The molecule has 1 aromatic carbocycles. The predicted octanol–water partition coefficient (Wildman–Crippen LogP) is 3.24. The molecule has 90 valence electrons. The van der Waals surface area contributed by atoms with Crippen LogP contribution in [0.4, 0.5) is 5.82 Å². The van der Waals surface area contributed by atoms with Crippen LogP contribution in [0.5, 0.6) is 5.75 Å². The second-order valence-electron chi connectivity index (χ2n) is 3.86. The van der Waals surface area contributed by atoms with Crippen molar-refractivity contribution in [3.63, 3.8) is 0 Å². The molecule has 0 aliphatic heterocycles. The van der Waals surface area contributed by atoms with Crippen molar-refractivity contribution in [3.8, 4) is 5.75 Å². The average molecular weight is 230 g/mol. The lowest BCUT2D eigenvalue weighted by atomic mass is 10.1. The first-order valence-corrected chi connectivity index (χ1v) is 6.03. The minimum atomic E-state index is 0.658. The molecule has 0 amide bonds. The van der Waals surface area contributed by atoms with Gasteiger partial charge in [0.05, 0.1) is 6.61 Å². The molecule has 1 aromatic heterocycles. The largest absolute Gasteiger partial charge is 0.492 e. The molecule has 0 aliphatic rings. The van der Waals surface area contributed by atoms with E-state index in [0.29, 0.717) is 6.61 Å². The van der Waals surface area contributed by atoms with E-state index in [-0.39, 0.29) is 0 Å². The molecule has 1 heterocycles. The monoisotopic (exact) mass is 230 g/mol. The molecule has 0 unspecified atom stereocenters. The van der Waals surface area contributed by atoms with Gasteiger partial charge in [-0.1, -0.05) is 19.1 Å². The quantitative estimate of drug-likeness (QED) is 0.875. The topological polar surface area (TPSA) is 34.1 Å². The van der Waals surface area contributed by atoms with Gasteiger partial charge in [0, 0.05) is 12.4 Å². The number of nitrogens with one attached hydrogen (secondary N) is 1. The maximum absolute atomic E-state index is 5.60. The van der Waals surface area contributed by atoms with Crippen LogP contribution in [0, 0.1) is 0 Å². The standard InChI is InChI=1S/C14H18N2O/c1-4-10-9-11-7-6-8-12(17-5-2)13(11)16-14(10)15-3/h6-9H,4-5H2,1-3H3,(H,15,16). The van der Waals surface area contributed by atoms with Gasteiger partial charge in [-0.25, -0.2) is 4.98 Å². The number of benzene rings is 1. The second-order valence-corrected chi connectivity index (χ2v) is 3.86. The highest BCUT2D eigenvalue weighted by atomic mass is 16.5. The third-order valence-corrected chi connectivity index (χ3v) is 2.81. The number of rotatable bonds is 4. The van der Waals surface area contributed by atoms with E-state index >= 15 is 0 Å². The van der Waals surface area contributed by atoms with Crippen LogP contribution in [0.15, 0.2) is 24.3 Å². The van der Waals surface area contributed by atoms with E-state index in [1.54, 1.807) is 0 Å². The lowest BCUT2D eigenvalue weighted by molar-refractivity contribution is 0.343. The van der Waals surface area contributed by atoms with Gasteiger partial charge in [0.1, 0.15) is 17.1 Å². The van der Waals surface area contributed by atoms with Crippen molar-refractivity contribution in [1.29, 1.82) is 0 Å². The number of aryl methyl sites for hydroxylation is 1. The van der Waals surface area contributed by atoms with Crippen molar-refractivity contribution in [1.82, 2.24) is 4.98 Å². The summed E-state index contributed by atoms with van der Waals surface area (Å²) in [6.07, 6.45) is 0.970. The molecular weight excluding hydrogens is 212 g/mol. The van der Waals surface area contributed by atoms with E-state index in [1.807, 2.05) is 26.1 Å². The van der Waals surface area contributed by atoms with Gasteiger partial charge >= 0.3 is 0 Å². The molecule has 0 saturated heterocycles. The highest BCUT2D eigenvalue weighted by Gasteiger charge is 2.08. The molecule has 17 heavy (non-hydrogen) atoms. The Kier molecular flexibility index (Phi) is 3.47. The fraction of sp³-hybridized carbons (Fsp3) is 0.357. The maximum Gasteiger partial charge on any atom is 0.145 e. The molecule has 2 rings (SSSR count). The Hall–Kier alpha value is -1.77. The lowest BCUT2D eigenvalue weighted by Gasteiger charge is -2.11. The fourth-order valence-corrected chi connectivity index (χ4v) is 1.97. The Labute approximate surface area is 102 Å². The summed E-state index contributed by atoms with van der Waals surface area (Å²) in [5, 5.41) is 4.27. The van der Waals surface area contributed by atoms with Crippen LogP contribution in [0.2, 0.25) is 0 Å². The van der Waals surface area contributed by atoms with Crippen molar-refractivity contribution >= 4 is 16.7 Å². The highest BCUT2D eigenvalue weighted by molar-refractivity contribution is 5.87. The number of para-hydroxylation sites is 1. The van der Waals surface area contributed by atoms with Gasteiger partial charge in [0.2, 0.25) is 0 Å². The summed E-state index contributed by atoms with van der Waals surface area (Å²) < 4.78 is 5.60. The Morgan fingerprint density at radius 1 is 1.29 bits per heavy atom. The van der Waals surface area contributed by atoms with Crippen molar-refractivity contribution in [2.75, 3.05) is 19.0 Å². The van der Waals surface area contributed by atoms with Crippen LogP contribution in [0.1, 0.15) is 19.4 Å². The van der Waals surface area contributed by atoms with Crippen molar-refractivity contribution in [3.05, 3.63) is 29.8 Å². The first kappa shape index (κ1) is 11.7. The number of aromatic nitrogens is 1. The number of hydrogen-bond donors (Lipinski definition) is 1. The molecule has 3 heteroatoms. The summed E-state index contributed by atoms with van der Waals surface area (Å²) in [5.41, 5.74) is 2.16. The zero-order chi connectivity index (χ0) is 12.3. The van der Waals surface area contributed by atoms with E-state index < -0.39 is 0 Å². The summed E-state index contributed by atoms with van der Waals surface area (Å²) in [6, 6.07) is 8.22. The van der Waals surface area contributed by atoms with Crippen LogP contribution < -0.4 is 10.1 Å². The van der Waals surface area contributed by atoms with Crippen LogP contribution in [-0.4, -0.2) is 18.6 Å². The Bertz CT molecular complexity index is 523. The summed E-state index contributed by atoms with van der Waals surface area (Å²) >= 11 is 0. The van der Waals surface area contributed by atoms with Crippen molar-refractivity contribution in [2.45, 2.75) is 20.3 Å². The van der Waals surface area contributed by atoms with Crippen LogP contribution in [-0.2, 0) is 6.42 Å². The normalized spacial score (nSPS) is 10.5. The molecule has 0 aliphatic carbocycles. The molecule has 2 aromatic rings. The number of fused-ring (bicyclic) bond motifs is 1. The average Bonchev–Trinajstić information content (AvgIpc) is 2.38. The lowest BCUT2D eigenvalue weighted by Crippen LogP contribution is -2.00. The third-order valence-electron chi connectivity index (χ3n) is 2.81. The molecular formula is C14H18N2O. The maximum atomic E-state index is 5.60. The van der Waals surface area contributed by atoms with E-state index in [0.717, 1.165) is 28.9 Å². The number of nitrogens with zero attached hydrogens (tertiary/aromatic N) is 1. The van der Waals surface area contributed by atoms with Crippen LogP contribution in [0.3, 0.4) is 0 Å². The third kappa shape index (κ3) is 2.18. The Morgan fingerprint density at radius 2 is 2.12 bits per heavy atom. The molecule has 1 N–H and O–H groups in total. The fourth-order valence-electron chi connectivity index (χ4n) is 1.97. The molecule has 0 fully saturated rings. The van der Waals surface area contributed by atoms with E-state index in [2.05, 4.69) is 29.4 Å². The summed E-state index contributed by atoms with van der Waals surface area (Å²) in [7, 11) is 1.90. The molecule has 0 saturated carbocycles. The second kappa shape index (κ2) is 5.04. The van der Waals surface area contributed by atoms with Crippen LogP contribution in [0.25, 0.3) is 10.9 Å². The number of pyridine rings is 1. The smallest absolute Gasteiger partial charge is 0.145 e. The van der Waals surface area contributed by atoms with Gasteiger partial charge in [-0.15, -0.1) is 0 Å². The highest BCUT2D eigenvalue weighted by Crippen LogP contribution is 2.27. The minimum Gasteiger partial charge on any atom is -0.492 e. The van der Waals surface area contributed by atoms with Gasteiger partial charge in [0.15, 0.2) is 0 Å². The van der Waals surface area contributed by atoms with Gasteiger partial charge in [-0.2, -0.15) is 0 Å². The Balaban J connectivity index is 2.64. The summed E-state index contributed by atoms with van der Waals surface area (Å²) in [6.45, 7) is 4.78. The SMILES string of the molecule is CCOc1cccc2cc(CC)c(NC)nc12. The Morgan fingerprint density at radius 3 is 2.76 bits per heavy atom. The van der Waals surface area contributed by atoms with Gasteiger partial charge < -0.3 is 10.1 Å². The zero-order valence-electron chi connectivity index (χ0n) is 10.6. The first-order chi connectivity index (χ1) is 8.30. The van der Waals surface area contributed by atoms with Gasteiger partial charge in [-0.05, 0) is 31.0 Å². The van der Waals surface area contributed by atoms with E-state index in [1.165, 1.54) is 5.56 Å². The summed E-state index contributed by atoms with van der Waals surface area (Å²) in [4.78, 5) is 4.65. The van der Waals surface area contributed by atoms with Crippen molar-refractivity contribution in [2.24, 2.45) is 0 Å². The number of ether oxygens (including phenoxy) is 1. The van der Waals surface area contributed by atoms with E-state index in [4.69, 9.17) is 4.74 Å². The molecule has 0 atom stereocenters. The van der Waals surface area contributed by atoms with Gasteiger partial charge in [-0.3, -0.25) is 0 Å². The first-order valence-electron chi connectivity index (χ1n) is 6.03. The molecule has 0 spiro atoms. The predicted molar refractivity (Wildman–Crippen MR) is 71.8 cm³/mol. The van der Waals surface area contributed by atoms with Crippen molar-refractivity contribution < 1.29 is 4.74 Å². The van der Waals surface area contributed by atoms with E-state index in [9.17, 15) is 0 Å². The molecule has 3 nitrogen and oxygen atoms in total. The van der Waals surface area contributed by atoms with Gasteiger partial charge in [0.25, 0.3) is 0 Å². The van der Waals surface area contributed by atoms with Crippen LogP contribution >= 0.6 is 0 Å². The number of hydrogen-bond acceptors (Lipinski definition) is 3. The number of anilines is 1. The molecule has 0 radical (unpaired) electrons. The zero-order valence-corrected chi connectivity index (χ0v) is 10.6. The summed E-state index contributed by atoms with van der Waals surface area (Å²) in [5.74, 6) is 1.79. The molecule has 0 bridgehead atoms.